The van der Waals surface area contributed by atoms with E-state index in [0.29, 0.717) is 22.7 Å². The average molecular weight is 489 g/mol. The molecular formula is C23H25FN4O5S. The molecule has 3 aromatic rings. The molecular weight excluding hydrogens is 463 g/mol. The SMILES string of the molecule is Cc1cc(N=S(C)(C)=O)cc2ncnc(Nc3ccc(F)cc3O[C@@H]3CO[C@H]4[C@@H]3OC[C@H]4O)c12. The molecule has 9 nitrogen and oxygen atoms in total. The molecule has 4 atom stereocenters. The van der Waals surface area contributed by atoms with Crippen LogP contribution in [0, 0.1) is 12.7 Å². The lowest BCUT2D eigenvalue weighted by Gasteiger charge is -2.21. The largest absolute Gasteiger partial charge is 0.483 e. The molecule has 2 fully saturated rings. The van der Waals surface area contributed by atoms with Gasteiger partial charge >= 0.3 is 0 Å². The zero-order valence-corrected chi connectivity index (χ0v) is 19.7. The van der Waals surface area contributed by atoms with Crippen LogP contribution in [0.15, 0.2) is 41.0 Å². The molecule has 0 unspecified atom stereocenters. The van der Waals surface area contributed by atoms with Crippen LogP contribution in [0.5, 0.6) is 5.75 Å². The number of benzene rings is 2. The number of hydrogen-bond acceptors (Lipinski definition) is 9. The van der Waals surface area contributed by atoms with Crippen LogP contribution in [-0.2, 0) is 19.2 Å². The Labute approximate surface area is 196 Å². The van der Waals surface area contributed by atoms with Crippen molar-refractivity contribution in [3.8, 4) is 5.75 Å². The number of aryl methyl sites for hydroxylation is 1. The van der Waals surface area contributed by atoms with Crippen molar-refractivity contribution >= 4 is 37.8 Å². The minimum atomic E-state index is -2.32. The summed E-state index contributed by atoms with van der Waals surface area (Å²) >= 11 is 0. The molecule has 0 spiro atoms. The first-order valence-corrected chi connectivity index (χ1v) is 13.1. The molecule has 2 N–H and O–H groups in total. The Morgan fingerprint density at radius 1 is 1.18 bits per heavy atom. The Hall–Kier alpha value is -2.86. The van der Waals surface area contributed by atoms with E-state index in [1.807, 2.05) is 13.0 Å². The summed E-state index contributed by atoms with van der Waals surface area (Å²) in [6, 6.07) is 7.75. The standard InChI is InChI=1S/C23H25FN4O5S/c1-12-6-14(28-34(2,3)30)8-16-20(12)23(26-11-25-16)27-15-5-4-13(24)7-18(15)33-19-10-32-21-17(29)9-31-22(19)21/h4-8,11,17,19,21-22,29H,9-10H2,1-3H3,(H,25,26,27)/t17-,19-,21-,22-/m1/s1. The average Bonchev–Trinajstić information content (AvgIpc) is 3.32. The Bertz CT molecular complexity index is 1370. The second-order valence-electron chi connectivity index (χ2n) is 8.74. The monoisotopic (exact) mass is 488 g/mol. The molecule has 2 aliphatic rings. The molecule has 3 heterocycles. The quantitative estimate of drug-likeness (QED) is 0.563. The number of fused-ring (bicyclic) bond motifs is 2. The van der Waals surface area contributed by atoms with Crippen molar-refractivity contribution in [2.45, 2.75) is 31.3 Å². The van der Waals surface area contributed by atoms with Gasteiger partial charge in [0.05, 0.1) is 30.1 Å². The molecule has 5 rings (SSSR count). The third-order valence-corrected chi connectivity index (χ3v) is 6.35. The van der Waals surface area contributed by atoms with Crippen molar-refractivity contribution in [2.24, 2.45) is 4.36 Å². The van der Waals surface area contributed by atoms with Gasteiger partial charge in [0.1, 0.15) is 42.0 Å². The second kappa shape index (κ2) is 8.73. The van der Waals surface area contributed by atoms with Gasteiger partial charge in [-0.05, 0) is 36.8 Å². The van der Waals surface area contributed by atoms with Crippen molar-refractivity contribution in [3.05, 3.63) is 48.0 Å². The van der Waals surface area contributed by atoms with E-state index in [0.717, 1.165) is 10.9 Å². The van der Waals surface area contributed by atoms with Gasteiger partial charge in [-0.3, -0.25) is 0 Å². The molecule has 1 aromatic heterocycles. The molecule has 0 amide bonds. The number of halogens is 1. The lowest BCUT2D eigenvalue weighted by atomic mass is 10.1. The molecule has 0 radical (unpaired) electrons. The predicted molar refractivity (Wildman–Crippen MR) is 126 cm³/mol. The number of hydrogen-bond donors (Lipinski definition) is 2. The van der Waals surface area contributed by atoms with E-state index in [1.165, 1.54) is 18.5 Å². The normalized spacial score (nSPS) is 24.3. The molecule has 0 aliphatic carbocycles. The summed E-state index contributed by atoms with van der Waals surface area (Å²) in [5.41, 5.74) is 2.55. The smallest absolute Gasteiger partial charge is 0.151 e. The van der Waals surface area contributed by atoms with Crippen molar-refractivity contribution in [3.63, 3.8) is 0 Å². The van der Waals surface area contributed by atoms with E-state index in [9.17, 15) is 13.7 Å². The number of anilines is 2. The van der Waals surface area contributed by atoms with E-state index in [4.69, 9.17) is 14.2 Å². The maximum Gasteiger partial charge on any atom is 0.151 e. The molecule has 0 saturated carbocycles. The number of aliphatic hydroxyl groups excluding tert-OH is 1. The highest BCUT2D eigenvalue weighted by Crippen LogP contribution is 2.36. The third kappa shape index (κ3) is 4.56. The Morgan fingerprint density at radius 3 is 2.76 bits per heavy atom. The summed E-state index contributed by atoms with van der Waals surface area (Å²) in [5.74, 6) is 0.320. The first kappa shape index (κ1) is 22.9. The Morgan fingerprint density at radius 2 is 1.97 bits per heavy atom. The molecule has 2 saturated heterocycles. The summed E-state index contributed by atoms with van der Waals surface area (Å²) in [6.07, 6.45) is 2.48. The van der Waals surface area contributed by atoms with Crippen molar-refractivity contribution in [1.29, 1.82) is 0 Å². The zero-order chi connectivity index (χ0) is 24.0. The van der Waals surface area contributed by atoms with Gasteiger partial charge in [0.2, 0.25) is 0 Å². The number of ether oxygens (including phenoxy) is 3. The minimum Gasteiger partial charge on any atom is -0.483 e. The summed E-state index contributed by atoms with van der Waals surface area (Å²) in [5, 5.41) is 14.0. The Kier molecular flexibility index (Phi) is 5.88. The van der Waals surface area contributed by atoms with Crippen LogP contribution < -0.4 is 10.1 Å². The summed E-state index contributed by atoms with van der Waals surface area (Å²) in [4.78, 5) is 8.73. The molecule has 2 aromatic carbocycles. The van der Waals surface area contributed by atoms with Crippen LogP contribution in [0.2, 0.25) is 0 Å². The topological polar surface area (TPSA) is 115 Å². The van der Waals surface area contributed by atoms with Gasteiger partial charge in [0.25, 0.3) is 0 Å². The van der Waals surface area contributed by atoms with Gasteiger partial charge in [-0.2, -0.15) is 4.36 Å². The first-order chi connectivity index (χ1) is 16.2. The van der Waals surface area contributed by atoms with E-state index in [-0.39, 0.29) is 19.0 Å². The molecule has 2 aliphatic heterocycles. The summed E-state index contributed by atoms with van der Waals surface area (Å²) in [7, 11) is -2.32. The highest BCUT2D eigenvalue weighted by atomic mass is 32.2. The van der Waals surface area contributed by atoms with Gasteiger partial charge in [-0.15, -0.1) is 0 Å². The number of nitrogens with zero attached hydrogens (tertiary/aromatic N) is 3. The highest BCUT2D eigenvalue weighted by Gasteiger charge is 2.48. The van der Waals surface area contributed by atoms with E-state index < -0.39 is 40.0 Å². The summed E-state index contributed by atoms with van der Waals surface area (Å²) < 4.78 is 47.8. The highest BCUT2D eigenvalue weighted by molar-refractivity contribution is 7.92. The van der Waals surface area contributed by atoms with Crippen LogP contribution >= 0.6 is 0 Å². The zero-order valence-electron chi connectivity index (χ0n) is 18.9. The lowest BCUT2D eigenvalue weighted by Crippen LogP contribution is -2.34. The van der Waals surface area contributed by atoms with E-state index in [1.54, 1.807) is 24.6 Å². The molecule has 11 heteroatoms. The molecule has 0 bridgehead atoms. The fraction of sp³-hybridized carbons (Fsp3) is 0.391. The lowest BCUT2D eigenvalue weighted by molar-refractivity contribution is 0.00871. The maximum absolute atomic E-state index is 14.1. The fourth-order valence-electron chi connectivity index (χ4n) is 4.31. The van der Waals surface area contributed by atoms with Crippen molar-refractivity contribution in [1.82, 2.24) is 9.97 Å². The number of aliphatic hydroxyl groups is 1. The summed E-state index contributed by atoms with van der Waals surface area (Å²) in [6.45, 7) is 2.29. The molecule has 180 valence electrons. The van der Waals surface area contributed by atoms with Gasteiger partial charge in [-0.25, -0.2) is 18.6 Å². The Balaban J connectivity index is 1.48. The van der Waals surface area contributed by atoms with Gasteiger partial charge < -0.3 is 24.6 Å². The second-order valence-corrected chi connectivity index (χ2v) is 11.3. The van der Waals surface area contributed by atoms with Crippen molar-refractivity contribution in [2.75, 3.05) is 31.0 Å². The van der Waals surface area contributed by atoms with Crippen LogP contribution in [-0.4, -0.2) is 69.4 Å². The molecule has 34 heavy (non-hydrogen) atoms. The fourth-order valence-corrected chi connectivity index (χ4v) is 4.92. The van der Waals surface area contributed by atoms with E-state index >= 15 is 0 Å². The van der Waals surface area contributed by atoms with Gasteiger partial charge in [0.15, 0.2) is 6.10 Å². The van der Waals surface area contributed by atoms with Crippen LogP contribution in [0.4, 0.5) is 21.6 Å². The van der Waals surface area contributed by atoms with E-state index in [2.05, 4.69) is 19.6 Å². The van der Waals surface area contributed by atoms with Crippen LogP contribution in [0.3, 0.4) is 0 Å². The van der Waals surface area contributed by atoms with Crippen LogP contribution in [0.1, 0.15) is 5.56 Å². The van der Waals surface area contributed by atoms with Crippen LogP contribution in [0.25, 0.3) is 10.9 Å². The predicted octanol–water partition coefficient (Wildman–Crippen LogP) is 3.09. The number of rotatable bonds is 5. The first-order valence-electron chi connectivity index (χ1n) is 10.7. The van der Waals surface area contributed by atoms with Gasteiger partial charge in [-0.1, -0.05) is 0 Å². The number of aromatic nitrogens is 2. The third-order valence-electron chi connectivity index (χ3n) is 5.70. The maximum atomic E-state index is 14.1. The van der Waals surface area contributed by atoms with Crippen molar-refractivity contribution < 1.29 is 27.9 Å². The van der Waals surface area contributed by atoms with Gasteiger partial charge in [0, 0.05) is 33.7 Å². The minimum absolute atomic E-state index is 0.176. The number of nitrogens with one attached hydrogen (secondary N) is 1.